The van der Waals surface area contributed by atoms with Gasteiger partial charge in [-0.05, 0) is 19.1 Å². The summed E-state index contributed by atoms with van der Waals surface area (Å²) in [5.74, 6) is 0. The molecule has 3 heterocycles. The zero-order valence-electron chi connectivity index (χ0n) is 8.44. The lowest BCUT2D eigenvalue weighted by atomic mass is 10.2. The molecule has 6 nitrogen and oxygen atoms in total. The molecule has 0 fully saturated rings. The molecule has 0 saturated heterocycles. The van der Waals surface area contributed by atoms with Gasteiger partial charge in [-0.1, -0.05) is 0 Å². The first-order chi connectivity index (χ1) is 7.66. The van der Waals surface area contributed by atoms with Crippen LogP contribution in [0.25, 0.3) is 16.4 Å². The van der Waals surface area contributed by atoms with Crippen LogP contribution in [0.4, 0.5) is 0 Å². The number of H-pyrrole nitrogens is 2. The van der Waals surface area contributed by atoms with Crippen LogP contribution in [-0.4, -0.2) is 19.6 Å². The van der Waals surface area contributed by atoms with Crippen LogP contribution < -0.4 is 11.2 Å². The smallest absolute Gasteiger partial charge is 0.307 e. The zero-order valence-corrected chi connectivity index (χ0v) is 8.44. The maximum atomic E-state index is 11.7. The maximum absolute atomic E-state index is 11.7. The molecular formula is C10H8N4O2. The fraction of sp³-hybridized carbons (Fsp3) is 0.100. The second kappa shape index (κ2) is 2.82. The fourth-order valence-corrected chi connectivity index (χ4v) is 1.91. The average Bonchev–Trinajstić information content (AvgIpc) is 2.65. The van der Waals surface area contributed by atoms with Crippen molar-refractivity contribution in [2.45, 2.75) is 6.92 Å². The van der Waals surface area contributed by atoms with Gasteiger partial charge in [0.05, 0.1) is 22.6 Å². The summed E-state index contributed by atoms with van der Waals surface area (Å²) in [6.45, 7) is 1.86. The predicted molar refractivity (Wildman–Crippen MR) is 58.7 cm³/mol. The first kappa shape index (κ1) is 8.90. The topological polar surface area (TPSA) is 83.0 Å². The van der Waals surface area contributed by atoms with Gasteiger partial charge in [-0.15, -0.1) is 0 Å². The highest BCUT2D eigenvalue weighted by molar-refractivity contribution is 5.92. The van der Waals surface area contributed by atoms with Crippen molar-refractivity contribution >= 4 is 16.4 Å². The fourth-order valence-electron chi connectivity index (χ4n) is 1.91. The average molecular weight is 216 g/mol. The summed E-state index contributed by atoms with van der Waals surface area (Å²) in [6.07, 6.45) is 1.62. The minimum Gasteiger partial charge on any atom is -0.307 e. The van der Waals surface area contributed by atoms with E-state index in [0.29, 0.717) is 16.4 Å². The lowest BCUT2D eigenvalue weighted by Gasteiger charge is -2.02. The van der Waals surface area contributed by atoms with Crippen molar-refractivity contribution in [1.82, 2.24) is 19.6 Å². The van der Waals surface area contributed by atoms with Crippen molar-refractivity contribution in [3.05, 3.63) is 44.9 Å². The van der Waals surface area contributed by atoms with Crippen LogP contribution in [0.5, 0.6) is 0 Å². The van der Waals surface area contributed by atoms with Crippen molar-refractivity contribution < 1.29 is 0 Å². The second-order valence-electron chi connectivity index (χ2n) is 3.61. The molecule has 0 aliphatic carbocycles. The van der Waals surface area contributed by atoms with E-state index in [1.807, 2.05) is 6.92 Å². The lowest BCUT2D eigenvalue weighted by Crippen LogP contribution is -2.22. The molecule has 80 valence electrons. The minimum atomic E-state index is -0.499. The molecule has 2 N–H and O–H groups in total. The Bertz CT molecular complexity index is 809. The van der Waals surface area contributed by atoms with Crippen LogP contribution in [0, 0.1) is 6.92 Å². The number of hydrogen-bond acceptors (Lipinski definition) is 3. The van der Waals surface area contributed by atoms with E-state index in [9.17, 15) is 9.59 Å². The van der Waals surface area contributed by atoms with Crippen molar-refractivity contribution in [2.75, 3.05) is 0 Å². The highest BCUT2D eigenvalue weighted by Crippen LogP contribution is 2.15. The molecule has 0 unspecified atom stereocenters. The van der Waals surface area contributed by atoms with Crippen LogP contribution in [0.1, 0.15) is 5.69 Å². The van der Waals surface area contributed by atoms with Gasteiger partial charge in [-0.3, -0.25) is 9.78 Å². The van der Waals surface area contributed by atoms with E-state index in [4.69, 9.17) is 0 Å². The lowest BCUT2D eigenvalue weighted by molar-refractivity contribution is 0.916. The Kier molecular flexibility index (Phi) is 1.57. The van der Waals surface area contributed by atoms with Crippen molar-refractivity contribution in [1.29, 1.82) is 0 Å². The minimum absolute atomic E-state index is 0.399. The zero-order chi connectivity index (χ0) is 11.3. The number of aryl methyl sites for hydroxylation is 1. The van der Waals surface area contributed by atoms with Crippen LogP contribution in [0.15, 0.2) is 27.9 Å². The summed E-state index contributed by atoms with van der Waals surface area (Å²) < 4.78 is 1.66. The van der Waals surface area contributed by atoms with Crippen molar-refractivity contribution in [3.8, 4) is 0 Å². The van der Waals surface area contributed by atoms with E-state index >= 15 is 0 Å². The summed E-state index contributed by atoms with van der Waals surface area (Å²) >= 11 is 0. The van der Waals surface area contributed by atoms with Gasteiger partial charge < -0.3 is 4.98 Å². The van der Waals surface area contributed by atoms with Gasteiger partial charge in [0.2, 0.25) is 0 Å². The van der Waals surface area contributed by atoms with Gasteiger partial charge in [0.15, 0.2) is 0 Å². The van der Waals surface area contributed by atoms with Crippen LogP contribution in [-0.2, 0) is 0 Å². The Morgan fingerprint density at radius 3 is 2.94 bits per heavy atom. The van der Waals surface area contributed by atoms with E-state index in [1.54, 1.807) is 22.8 Å². The third kappa shape index (κ3) is 1.04. The van der Waals surface area contributed by atoms with Gasteiger partial charge in [0.1, 0.15) is 0 Å². The van der Waals surface area contributed by atoms with Crippen molar-refractivity contribution in [2.24, 2.45) is 0 Å². The Labute approximate surface area is 88.5 Å². The summed E-state index contributed by atoms with van der Waals surface area (Å²) in [4.78, 5) is 27.7. The molecule has 0 aliphatic rings. The highest BCUT2D eigenvalue weighted by atomic mass is 16.2. The summed E-state index contributed by atoms with van der Waals surface area (Å²) in [7, 11) is 0. The molecule has 0 aliphatic heterocycles. The molecule has 3 rings (SSSR count). The van der Waals surface area contributed by atoms with Gasteiger partial charge in [-0.25, -0.2) is 9.31 Å². The molecule has 0 radical (unpaired) electrons. The number of aromatic amines is 2. The maximum Gasteiger partial charge on any atom is 0.326 e. The third-order valence-corrected chi connectivity index (χ3v) is 2.56. The molecule has 0 amide bonds. The van der Waals surface area contributed by atoms with E-state index in [1.165, 1.54) is 0 Å². The first-order valence-electron chi connectivity index (χ1n) is 4.76. The number of hydrogen-bond donors (Lipinski definition) is 2. The van der Waals surface area contributed by atoms with Gasteiger partial charge in [0, 0.05) is 5.69 Å². The first-order valence-corrected chi connectivity index (χ1v) is 4.76. The number of pyridine rings is 1. The number of nitrogens with zero attached hydrogens (tertiary/aromatic N) is 2. The largest absolute Gasteiger partial charge is 0.326 e. The summed E-state index contributed by atoms with van der Waals surface area (Å²) in [5.41, 5.74) is 1.17. The highest BCUT2D eigenvalue weighted by Gasteiger charge is 2.08. The molecule has 0 saturated carbocycles. The molecule has 0 bridgehead atoms. The molecule has 3 aromatic heterocycles. The molecule has 0 aromatic carbocycles. The van der Waals surface area contributed by atoms with Crippen LogP contribution >= 0.6 is 0 Å². The summed E-state index contributed by atoms with van der Waals surface area (Å²) in [5, 5.41) is 4.55. The number of rotatable bonds is 0. The Morgan fingerprint density at radius 1 is 1.31 bits per heavy atom. The predicted octanol–water partition coefficient (Wildman–Crippen LogP) is 0.173. The van der Waals surface area contributed by atoms with Gasteiger partial charge in [-0.2, -0.15) is 5.10 Å². The molecule has 16 heavy (non-hydrogen) atoms. The normalized spacial score (nSPS) is 11.3. The van der Waals surface area contributed by atoms with E-state index < -0.39 is 11.2 Å². The molecule has 0 atom stereocenters. The van der Waals surface area contributed by atoms with E-state index in [-0.39, 0.29) is 0 Å². The Balaban J connectivity index is 2.75. The number of nitrogens with one attached hydrogen (secondary N) is 2. The quantitative estimate of drug-likeness (QED) is 0.562. The van der Waals surface area contributed by atoms with Gasteiger partial charge >= 0.3 is 5.69 Å². The number of aromatic nitrogens is 4. The summed E-state index contributed by atoms with van der Waals surface area (Å²) in [6, 6.07) is 3.47. The van der Waals surface area contributed by atoms with E-state index in [2.05, 4.69) is 15.1 Å². The monoisotopic (exact) mass is 216 g/mol. The third-order valence-electron chi connectivity index (χ3n) is 2.56. The second-order valence-corrected chi connectivity index (χ2v) is 3.61. The van der Waals surface area contributed by atoms with Crippen LogP contribution in [0.3, 0.4) is 0 Å². The molecule has 3 aromatic rings. The number of fused-ring (bicyclic) bond motifs is 3. The Morgan fingerprint density at radius 2 is 2.12 bits per heavy atom. The Hall–Kier alpha value is -2.37. The molecular weight excluding hydrogens is 208 g/mol. The van der Waals surface area contributed by atoms with Crippen LogP contribution in [0.2, 0.25) is 0 Å². The molecule has 0 spiro atoms. The van der Waals surface area contributed by atoms with Crippen molar-refractivity contribution in [3.63, 3.8) is 0 Å². The SMILES string of the molecule is Cc1cc2[nH]c(=O)[nH]c(=O)c2c2ccnn12. The van der Waals surface area contributed by atoms with Gasteiger partial charge in [0.25, 0.3) is 5.56 Å². The molecule has 6 heteroatoms. The van der Waals surface area contributed by atoms with E-state index in [0.717, 1.165) is 5.69 Å². The standard InChI is InChI=1S/C10H8N4O2/c1-5-4-6-8(7-2-3-11-14(5)7)9(15)13-10(16)12-6/h2-4H,1H3,(H2,12,13,15,16).